The normalized spacial score (nSPS) is 11.6. The number of hydrogen-bond donors (Lipinski definition) is 0. The monoisotopic (exact) mass is 336 g/mol. The van der Waals surface area contributed by atoms with E-state index in [4.69, 9.17) is 4.74 Å². The Bertz CT molecular complexity index is 288. The van der Waals surface area contributed by atoms with E-state index in [0.717, 1.165) is 32.1 Å². The molecule has 0 aromatic rings. The Morgan fingerprint density at radius 3 is 1.62 bits per heavy atom. The molecule has 0 atom stereocenters. The summed E-state index contributed by atoms with van der Waals surface area (Å²) in [7, 11) is 0. The molecule has 0 aliphatic rings. The van der Waals surface area contributed by atoms with E-state index in [1.807, 2.05) is 0 Å². The number of ether oxygens (including phenoxy) is 1. The van der Waals surface area contributed by atoms with Gasteiger partial charge in [0.2, 0.25) is 0 Å². The number of rotatable bonds is 17. The molecular formula is C22H40O2. The van der Waals surface area contributed by atoms with Crippen molar-refractivity contribution < 1.29 is 9.53 Å². The molecule has 0 rings (SSSR count). The van der Waals surface area contributed by atoms with E-state index in [2.05, 4.69) is 38.2 Å². The fourth-order valence-corrected chi connectivity index (χ4v) is 2.49. The van der Waals surface area contributed by atoms with Crippen molar-refractivity contribution in [3.05, 3.63) is 24.3 Å². The van der Waals surface area contributed by atoms with E-state index in [1.54, 1.807) is 0 Å². The molecule has 0 fully saturated rings. The Kier molecular flexibility index (Phi) is 19.1. The zero-order chi connectivity index (χ0) is 17.7. The standard InChI is InChI=1S/C22H40O2/c1-3-5-7-9-11-13-14-16-18-20-22(23)24-21-19-17-15-12-10-8-6-4-2/h11-13,15H,3-10,14,16-21H2,1-2H3. The summed E-state index contributed by atoms with van der Waals surface area (Å²) >= 11 is 0. The second kappa shape index (κ2) is 20.0. The van der Waals surface area contributed by atoms with Crippen LogP contribution >= 0.6 is 0 Å². The highest BCUT2D eigenvalue weighted by Crippen LogP contribution is 2.06. The minimum Gasteiger partial charge on any atom is -0.466 e. The van der Waals surface area contributed by atoms with E-state index in [9.17, 15) is 4.79 Å². The van der Waals surface area contributed by atoms with Gasteiger partial charge < -0.3 is 4.74 Å². The lowest BCUT2D eigenvalue weighted by Crippen LogP contribution is -2.05. The Labute approximate surface area is 150 Å². The summed E-state index contributed by atoms with van der Waals surface area (Å²) in [5.74, 6) is -0.0335. The van der Waals surface area contributed by atoms with Gasteiger partial charge in [0, 0.05) is 6.42 Å². The van der Waals surface area contributed by atoms with Gasteiger partial charge in [-0.2, -0.15) is 0 Å². The van der Waals surface area contributed by atoms with Gasteiger partial charge in [-0.15, -0.1) is 0 Å². The van der Waals surface area contributed by atoms with Crippen molar-refractivity contribution >= 4 is 5.97 Å². The predicted molar refractivity (Wildman–Crippen MR) is 105 cm³/mol. The first-order valence-electron chi connectivity index (χ1n) is 10.3. The molecule has 0 bridgehead atoms. The Balaban J connectivity index is 3.29. The Morgan fingerprint density at radius 2 is 1.12 bits per heavy atom. The number of allylic oxidation sites excluding steroid dienone is 4. The summed E-state index contributed by atoms with van der Waals surface area (Å²) in [5, 5.41) is 0. The lowest BCUT2D eigenvalue weighted by atomic mass is 10.1. The molecule has 2 nitrogen and oxygen atoms in total. The molecule has 24 heavy (non-hydrogen) atoms. The molecule has 0 spiro atoms. The van der Waals surface area contributed by atoms with Gasteiger partial charge in [0.1, 0.15) is 0 Å². The highest BCUT2D eigenvalue weighted by atomic mass is 16.5. The zero-order valence-corrected chi connectivity index (χ0v) is 16.2. The Morgan fingerprint density at radius 1 is 0.667 bits per heavy atom. The molecular weight excluding hydrogens is 296 g/mol. The minimum absolute atomic E-state index is 0.0335. The number of carbonyl (C=O) groups is 1. The SMILES string of the molecule is CCCCCC=CCCCCC(=O)OCCCC=CCCCCC. The number of esters is 1. The molecule has 0 heterocycles. The third-order valence-corrected chi connectivity index (χ3v) is 4.06. The fourth-order valence-electron chi connectivity index (χ4n) is 2.49. The smallest absolute Gasteiger partial charge is 0.305 e. The molecule has 0 unspecified atom stereocenters. The van der Waals surface area contributed by atoms with Crippen LogP contribution in [0.25, 0.3) is 0 Å². The minimum atomic E-state index is -0.0335. The maximum absolute atomic E-state index is 11.6. The Hall–Kier alpha value is -1.05. The summed E-state index contributed by atoms with van der Waals surface area (Å²) in [5.41, 5.74) is 0. The van der Waals surface area contributed by atoms with Crippen LogP contribution in [0.5, 0.6) is 0 Å². The summed E-state index contributed by atoms with van der Waals surface area (Å²) < 4.78 is 5.27. The highest BCUT2D eigenvalue weighted by molar-refractivity contribution is 5.69. The molecule has 2 heteroatoms. The maximum Gasteiger partial charge on any atom is 0.305 e. The third kappa shape index (κ3) is 19.0. The van der Waals surface area contributed by atoms with Crippen molar-refractivity contribution in [2.45, 2.75) is 104 Å². The molecule has 0 amide bonds. The number of hydrogen-bond acceptors (Lipinski definition) is 2. The van der Waals surface area contributed by atoms with Gasteiger partial charge >= 0.3 is 5.97 Å². The van der Waals surface area contributed by atoms with Crippen LogP contribution in [0.1, 0.15) is 104 Å². The van der Waals surface area contributed by atoms with Crippen LogP contribution in [0.15, 0.2) is 24.3 Å². The maximum atomic E-state index is 11.6. The average Bonchev–Trinajstić information content (AvgIpc) is 2.59. The van der Waals surface area contributed by atoms with Crippen LogP contribution < -0.4 is 0 Å². The van der Waals surface area contributed by atoms with Crippen LogP contribution in [-0.2, 0) is 9.53 Å². The van der Waals surface area contributed by atoms with E-state index in [0.29, 0.717) is 13.0 Å². The summed E-state index contributed by atoms with van der Waals surface area (Å²) in [6.45, 7) is 5.02. The lowest BCUT2D eigenvalue weighted by Gasteiger charge is -2.03. The van der Waals surface area contributed by atoms with Crippen molar-refractivity contribution in [1.82, 2.24) is 0 Å². The second-order valence-electron chi connectivity index (χ2n) is 6.54. The molecule has 0 N–H and O–H groups in total. The van der Waals surface area contributed by atoms with Gasteiger partial charge in [-0.25, -0.2) is 0 Å². The molecule has 0 saturated heterocycles. The fraction of sp³-hybridized carbons (Fsp3) is 0.773. The first-order valence-corrected chi connectivity index (χ1v) is 10.3. The zero-order valence-electron chi connectivity index (χ0n) is 16.2. The molecule has 0 aromatic heterocycles. The summed E-state index contributed by atoms with van der Waals surface area (Å²) in [6.07, 6.45) is 24.8. The van der Waals surface area contributed by atoms with Gasteiger partial charge in [-0.1, -0.05) is 63.8 Å². The quantitative estimate of drug-likeness (QED) is 0.160. The van der Waals surface area contributed by atoms with Crippen LogP contribution in [0.3, 0.4) is 0 Å². The summed E-state index contributed by atoms with van der Waals surface area (Å²) in [6, 6.07) is 0. The molecule has 0 saturated carbocycles. The van der Waals surface area contributed by atoms with Gasteiger partial charge in [-0.05, 0) is 57.8 Å². The highest BCUT2D eigenvalue weighted by Gasteiger charge is 2.01. The molecule has 0 aliphatic heterocycles. The van der Waals surface area contributed by atoms with Crippen molar-refractivity contribution in [2.24, 2.45) is 0 Å². The van der Waals surface area contributed by atoms with Crippen molar-refractivity contribution in [2.75, 3.05) is 6.61 Å². The predicted octanol–water partition coefficient (Wildman–Crippen LogP) is 7.14. The third-order valence-electron chi connectivity index (χ3n) is 4.06. The van der Waals surface area contributed by atoms with Crippen molar-refractivity contribution in [3.63, 3.8) is 0 Å². The van der Waals surface area contributed by atoms with Crippen molar-refractivity contribution in [3.8, 4) is 0 Å². The van der Waals surface area contributed by atoms with Crippen LogP contribution in [0.2, 0.25) is 0 Å². The van der Waals surface area contributed by atoms with Gasteiger partial charge in [-0.3, -0.25) is 4.79 Å². The topological polar surface area (TPSA) is 26.3 Å². The first-order chi connectivity index (χ1) is 11.8. The van der Waals surface area contributed by atoms with Crippen molar-refractivity contribution in [1.29, 1.82) is 0 Å². The van der Waals surface area contributed by atoms with Crippen LogP contribution in [0.4, 0.5) is 0 Å². The van der Waals surface area contributed by atoms with Crippen LogP contribution in [-0.4, -0.2) is 12.6 Å². The molecule has 0 aromatic carbocycles. The van der Waals surface area contributed by atoms with Gasteiger partial charge in [0.05, 0.1) is 6.61 Å². The second-order valence-corrected chi connectivity index (χ2v) is 6.54. The molecule has 140 valence electrons. The van der Waals surface area contributed by atoms with E-state index in [-0.39, 0.29) is 5.97 Å². The first kappa shape index (κ1) is 22.9. The number of carbonyl (C=O) groups excluding carboxylic acids is 1. The molecule has 0 aliphatic carbocycles. The lowest BCUT2D eigenvalue weighted by molar-refractivity contribution is -0.143. The van der Waals surface area contributed by atoms with E-state index >= 15 is 0 Å². The largest absolute Gasteiger partial charge is 0.466 e. The average molecular weight is 337 g/mol. The van der Waals surface area contributed by atoms with Crippen LogP contribution in [0, 0.1) is 0 Å². The van der Waals surface area contributed by atoms with Gasteiger partial charge in [0.25, 0.3) is 0 Å². The van der Waals surface area contributed by atoms with E-state index in [1.165, 1.54) is 51.4 Å². The van der Waals surface area contributed by atoms with E-state index < -0.39 is 0 Å². The molecule has 0 radical (unpaired) electrons. The number of unbranched alkanes of at least 4 members (excludes halogenated alkanes) is 9. The summed E-state index contributed by atoms with van der Waals surface area (Å²) in [4.78, 5) is 11.6. The van der Waals surface area contributed by atoms with Gasteiger partial charge in [0.15, 0.2) is 0 Å².